The van der Waals surface area contributed by atoms with Crippen molar-refractivity contribution >= 4 is 37.4 Å². The number of rotatable bonds is 8. The summed E-state index contributed by atoms with van der Waals surface area (Å²) in [7, 11) is -7.23. The summed E-state index contributed by atoms with van der Waals surface area (Å²) in [5.41, 5.74) is 1.12. The molecule has 0 spiro atoms. The SMILES string of the molecule is CCN(C(=O)COC(=O)c1ccccc1NS(=O)(=O)c1cc(C(C)(C)C)ccc1C)[C@@H]1CCS(=O)(=O)C1. The summed E-state index contributed by atoms with van der Waals surface area (Å²) in [6.07, 6.45) is 0.344. The van der Waals surface area contributed by atoms with Gasteiger partial charge in [-0.3, -0.25) is 9.52 Å². The van der Waals surface area contributed by atoms with Crippen molar-refractivity contribution in [1.29, 1.82) is 0 Å². The first-order valence-corrected chi connectivity index (χ1v) is 15.3. The van der Waals surface area contributed by atoms with Crippen molar-refractivity contribution in [2.75, 3.05) is 29.4 Å². The Hall–Kier alpha value is -2.92. The van der Waals surface area contributed by atoms with Crippen LogP contribution >= 0.6 is 0 Å². The average molecular weight is 551 g/mol. The van der Waals surface area contributed by atoms with Crippen LogP contribution in [0.4, 0.5) is 5.69 Å². The van der Waals surface area contributed by atoms with Crippen LogP contribution in [-0.2, 0) is 34.8 Å². The van der Waals surface area contributed by atoms with Gasteiger partial charge in [-0.05, 0) is 55.0 Å². The molecule has 2 aromatic carbocycles. The molecule has 0 bridgehead atoms. The lowest BCUT2D eigenvalue weighted by atomic mass is 9.87. The number of sulfonamides is 1. The van der Waals surface area contributed by atoms with Crippen molar-refractivity contribution in [3.05, 3.63) is 59.2 Å². The normalized spacial score (nSPS) is 17.3. The highest BCUT2D eigenvalue weighted by Gasteiger charge is 2.34. The van der Waals surface area contributed by atoms with Gasteiger partial charge in [0.25, 0.3) is 15.9 Å². The van der Waals surface area contributed by atoms with Gasteiger partial charge in [0.15, 0.2) is 16.4 Å². The summed E-state index contributed by atoms with van der Waals surface area (Å²) in [5.74, 6) is -1.47. The molecule has 2 aromatic rings. The number of likely N-dealkylation sites (N-methyl/N-ethyl adjacent to an activating group) is 1. The predicted octanol–water partition coefficient (Wildman–Crippen LogP) is 3.29. The van der Waals surface area contributed by atoms with Crippen LogP contribution in [0.25, 0.3) is 0 Å². The maximum absolute atomic E-state index is 13.3. The van der Waals surface area contributed by atoms with E-state index in [0.717, 1.165) is 5.56 Å². The van der Waals surface area contributed by atoms with E-state index in [0.29, 0.717) is 12.0 Å². The van der Waals surface area contributed by atoms with Gasteiger partial charge in [0.2, 0.25) is 0 Å². The zero-order valence-corrected chi connectivity index (χ0v) is 23.4. The molecule has 1 N–H and O–H groups in total. The molecular weight excluding hydrogens is 516 g/mol. The van der Waals surface area contributed by atoms with Gasteiger partial charge in [0.1, 0.15) is 0 Å². The van der Waals surface area contributed by atoms with Crippen molar-refractivity contribution in [2.24, 2.45) is 0 Å². The number of hydrogen-bond donors (Lipinski definition) is 1. The molecule has 11 heteroatoms. The molecule has 0 saturated carbocycles. The number of nitrogens with one attached hydrogen (secondary N) is 1. The lowest BCUT2D eigenvalue weighted by molar-refractivity contribution is -0.136. The summed E-state index contributed by atoms with van der Waals surface area (Å²) in [6.45, 7) is 9.07. The molecule has 1 fully saturated rings. The van der Waals surface area contributed by atoms with Gasteiger partial charge in [-0.1, -0.05) is 45.0 Å². The fourth-order valence-corrected chi connectivity index (χ4v) is 7.34. The summed E-state index contributed by atoms with van der Waals surface area (Å²) >= 11 is 0. The van der Waals surface area contributed by atoms with Crippen molar-refractivity contribution in [1.82, 2.24) is 4.90 Å². The number of anilines is 1. The predicted molar refractivity (Wildman–Crippen MR) is 142 cm³/mol. The van der Waals surface area contributed by atoms with Gasteiger partial charge in [-0.25, -0.2) is 21.6 Å². The number of para-hydroxylation sites is 1. The zero-order valence-electron chi connectivity index (χ0n) is 21.8. The third-order valence-electron chi connectivity index (χ3n) is 6.37. The van der Waals surface area contributed by atoms with E-state index in [9.17, 15) is 26.4 Å². The quantitative estimate of drug-likeness (QED) is 0.500. The summed E-state index contributed by atoms with van der Waals surface area (Å²) < 4.78 is 57.9. The Balaban J connectivity index is 1.77. The van der Waals surface area contributed by atoms with Crippen LogP contribution in [0, 0.1) is 6.92 Å². The van der Waals surface area contributed by atoms with Crippen molar-refractivity contribution in [3.63, 3.8) is 0 Å². The molecule has 202 valence electrons. The van der Waals surface area contributed by atoms with Crippen molar-refractivity contribution in [2.45, 2.75) is 57.4 Å². The van der Waals surface area contributed by atoms with Crippen LogP contribution in [-0.4, -0.2) is 64.3 Å². The first-order chi connectivity index (χ1) is 17.1. The molecule has 3 rings (SSSR count). The van der Waals surface area contributed by atoms with E-state index in [2.05, 4.69) is 4.72 Å². The molecule has 37 heavy (non-hydrogen) atoms. The highest BCUT2D eigenvalue weighted by atomic mass is 32.2. The fourth-order valence-electron chi connectivity index (χ4n) is 4.25. The minimum absolute atomic E-state index is 0.0207. The second kappa shape index (κ2) is 10.8. The Kier molecular flexibility index (Phi) is 8.38. The van der Waals surface area contributed by atoms with Crippen LogP contribution in [0.5, 0.6) is 0 Å². The lowest BCUT2D eigenvalue weighted by Crippen LogP contribution is -2.43. The maximum atomic E-state index is 13.3. The number of aryl methyl sites for hydroxylation is 1. The van der Waals surface area contributed by atoms with Gasteiger partial charge >= 0.3 is 5.97 Å². The Morgan fingerprint density at radius 1 is 1.14 bits per heavy atom. The number of benzene rings is 2. The number of ether oxygens (including phenoxy) is 1. The van der Waals surface area contributed by atoms with Crippen LogP contribution in [0.15, 0.2) is 47.4 Å². The Morgan fingerprint density at radius 3 is 2.41 bits per heavy atom. The molecular formula is C26H34N2O7S2. The van der Waals surface area contributed by atoms with E-state index < -0.39 is 44.4 Å². The monoisotopic (exact) mass is 550 g/mol. The Bertz CT molecular complexity index is 1390. The number of carbonyl (C=O) groups is 2. The van der Waals surface area contributed by atoms with E-state index in [1.165, 1.54) is 17.0 Å². The standard InChI is InChI=1S/C26H34N2O7S2/c1-6-28(20-13-14-36(31,32)17-20)24(29)16-35-25(30)21-9-7-8-10-22(21)27-37(33,34)23-15-19(26(3,4)5)12-11-18(23)2/h7-12,15,20,27H,6,13-14,16-17H2,1-5H3/t20-/m1/s1. The minimum Gasteiger partial charge on any atom is -0.452 e. The van der Waals surface area contributed by atoms with Crippen molar-refractivity contribution < 1.29 is 31.2 Å². The molecule has 9 nitrogen and oxygen atoms in total. The molecule has 1 heterocycles. The number of hydrogen-bond acceptors (Lipinski definition) is 7. The molecule has 0 aromatic heterocycles. The molecule has 0 aliphatic carbocycles. The zero-order chi connectivity index (χ0) is 27.6. The lowest BCUT2D eigenvalue weighted by Gasteiger charge is -2.26. The third kappa shape index (κ3) is 6.89. The first kappa shape index (κ1) is 28.6. The molecule has 1 saturated heterocycles. The summed E-state index contributed by atoms with van der Waals surface area (Å²) in [5, 5.41) is 0. The number of amides is 1. The molecule has 0 radical (unpaired) electrons. The highest BCUT2D eigenvalue weighted by Crippen LogP contribution is 2.28. The average Bonchev–Trinajstić information content (AvgIpc) is 3.16. The minimum atomic E-state index is -4.04. The molecule has 1 atom stereocenters. The maximum Gasteiger partial charge on any atom is 0.340 e. The van der Waals surface area contributed by atoms with E-state index in [-0.39, 0.29) is 39.6 Å². The molecule has 1 aliphatic heterocycles. The van der Waals surface area contributed by atoms with E-state index in [1.54, 1.807) is 38.1 Å². The van der Waals surface area contributed by atoms with Crippen LogP contribution < -0.4 is 4.72 Å². The van der Waals surface area contributed by atoms with Gasteiger partial charge in [0, 0.05) is 12.6 Å². The van der Waals surface area contributed by atoms with Crippen molar-refractivity contribution in [3.8, 4) is 0 Å². The highest BCUT2D eigenvalue weighted by molar-refractivity contribution is 7.92. The number of nitrogens with zero attached hydrogens (tertiary/aromatic N) is 1. The Morgan fingerprint density at radius 2 is 1.81 bits per heavy atom. The van der Waals surface area contributed by atoms with E-state index in [4.69, 9.17) is 4.74 Å². The van der Waals surface area contributed by atoms with E-state index >= 15 is 0 Å². The van der Waals surface area contributed by atoms with Crippen LogP contribution in [0.1, 0.15) is 55.6 Å². The third-order valence-corrected chi connectivity index (χ3v) is 9.63. The van der Waals surface area contributed by atoms with Crippen LogP contribution in [0.2, 0.25) is 0 Å². The first-order valence-electron chi connectivity index (χ1n) is 12.0. The van der Waals surface area contributed by atoms with E-state index in [1.807, 2.05) is 26.8 Å². The summed E-state index contributed by atoms with van der Waals surface area (Å²) in [4.78, 5) is 27.1. The van der Waals surface area contributed by atoms with Gasteiger partial charge in [-0.2, -0.15) is 0 Å². The number of sulfone groups is 1. The van der Waals surface area contributed by atoms with Gasteiger partial charge in [0.05, 0.1) is 27.7 Å². The molecule has 1 aliphatic rings. The number of carbonyl (C=O) groups excluding carboxylic acids is 2. The smallest absolute Gasteiger partial charge is 0.340 e. The van der Waals surface area contributed by atoms with Gasteiger partial charge in [-0.15, -0.1) is 0 Å². The molecule has 1 amide bonds. The second-order valence-corrected chi connectivity index (χ2v) is 14.1. The number of esters is 1. The van der Waals surface area contributed by atoms with Gasteiger partial charge < -0.3 is 9.64 Å². The second-order valence-electron chi connectivity index (χ2n) is 10.2. The van der Waals surface area contributed by atoms with Crippen LogP contribution in [0.3, 0.4) is 0 Å². The summed E-state index contributed by atoms with van der Waals surface area (Å²) in [6, 6.07) is 10.8. The topological polar surface area (TPSA) is 127 Å². The molecule has 0 unspecified atom stereocenters. The fraction of sp³-hybridized carbons (Fsp3) is 0.462. The Labute approximate surface area is 219 Å². The largest absolute Gasteiger partial charge is 0.452 e.